The lowest BCUT2D eigenvalue weighted by molar-refractivity contribution is -0.181. The van der Waals surface area contributed by atoms with E-state index in [1.807, 2.05) is 35.8 Å². The van der Waals surface area contributed by atoms with Gasteiger partial charge in [0.2, 0.25) is 11.8 Å². The Morgan fingerprint density at radius 2 is 1.81 bits per heavy atom. The first-order valence-corrected chi connectivity index (χ1v) is 14.2. The quantitative estimate of drug-likeness (QED) is 0.464. The smallest absolute Gasteiger partial charge is 0.391 e. The molecule has 224 valence electrons. The number of hydrogen-bond acceptors (Lipinski definition) is 8. The molecule has 0 bridgehead atoms. The molecule has 42 heavy (non-hydrogen) atoms. The Labute approximate surface area is 242 Å². The first-order chi connectivity index (χ1) is 19.8. The zero-order valence-corrected chi connectivity index (χ0v) is 24.0. The number of amides is 1. The number of rotatable bonds is 6. The van der Waals surface area contributed by atoms with Gasteiger partial charge in [-0.2, -0.15) is 23.3 Å². The Bertz CT molecular complexity index is 1460. The van der Waals surface area contributed by atoms with Crippen LogP contribution in [0.2, 0.25) is 0 Å². The molecule has 0 aromatic carbocycles. The van der Waals surface area contributed by atoms with Crippen molar-refractivity contribution >= 4 is 11.7 Å². The third-order valence-electron chi connectivity index (χ3n) is 8.71. The van der Waals surface area contributed by atoms with Gasteiger partial charge in [-0.1, -0.05) is 0 Å². The van der Waals surface area contributed by atoms with Gasteiger partial charge in [0.25, 0.3) is 5.91 Å². The highest BCUT2D eigenvalue weighted by atomic mass is 19.4. The second kappa shape index (κ2) is 10.2. The largest absolute Gasteiger partial charge is 0.474 e. The molecule has 2 aliphatic heterocycles. The van der Waals surface area contributed by atoms with E-state index in [2.05, 4.69) is 15.1 Å². The first-order valence-electron chi connectivity index (χ1n) is 14.2. The number of carbonyl (C=O) groups is 1. The highest BCUT2D eigenvalue weighted by Gasteiger charge is 2.59. The maximum Gasteiger partial charge on any atom is 0.391 e. The second-order valence-electron chi connectivity index (χ2n) is 12.3. The lowest BCUT2D eigenvalue weighted by Crippen LogP contribution is -2.45. The van der Waals surface area contributed by atoms with E-state index in [4.69, 9.17) is 15.5 Å². The SMILES string of the molecule is Cc1nn(-c2ncccn2)cc1C(=O)N1C[C@@H]2C(Oc3cc(C(C)(C)N)cc(N4CCC(C(F)(F)F)CC4C)n3)[C@@H]2C1. The molecule has 0 spiro atoms. The van der Waals surface area contributed by atoms with Gasteiger partial charge < -0.3 is 20.3 Å². The third kappa shape index (κ3) is 5.41. The van der Waals surface area contributed by atoms with Crippen LogP contribution in [0.5, 0.6) is 5.88 Å². The molecular formula is C29H35F3N8O2. The van der Waals surface area contributed by atoms with Gasteiger partial charge in [-0.15, -0.1) is 0 Å². The van der Waals surface area contributed by atoms with Crippen molar-refractivity contribution in [3.05, 3.63) is 53.6 Å². The Kier molecular flexibility index (Phi) is 6.90. The molecule has 1 aliphatic carbocycles. The van der Waals surface area contributed by atoms with Gasteiger partial charge in [0.05, 0.1) is 17.2 Å². The molecule has 3 aromatic rings. The highest BCUT2D eigenvalue weighted by molar-refractivity contribution is 5.95. The maximum absolute atomic E-state index is 13.4. The summed E-state index contributed by atoms with van der Waals surface area (Å²) in [6.45, 7) is 8.70. The van der Waals surface area contributed by atoms with E-state index in [0.717, 1.165) is 5.56 Å². The molecule has 5 atom stereocenters. The van der Waals surface area contributed by atoms with Crippen molar-refractivity contribution in [3.63, 3.8) is 0 Å². The average molecular weight is 585 g/mol. The van der Waals surface area contributed by atoms with E-state index >= 15 is 0 Å². The summed E-state index contributed by atoms with van der Waals surface area (Å²) in [5, 5.41) is 4.41. The van der Waals surface area contributed by atoms with E-state index in [1.54, 1.807) is 38.5 Å². The molecule has 5 heterocycles. The summed E-state index contributed by atoms with van der Waals surface area (Å²) >= 11 is 0. The molecule has 13 heteroatoms. The third-order valence-corrected chi connectivity index (χ3v) is 8.71. The predicted octanol–water partition coefficient (Wildman–Crippen LogP) is 3.88. The van der Waals surface area contributed by atoms with Crippen LogP contribution in [0.15, 0.2) is 36.8 Å². The van der Waals surface area contributed by atoms with E-state index in [0.29, 0.717) is 42.0 Å². The Hall–Kier alpha value is -3.74. The van der Waals surface area contributed by atoms with Crippen molar-refractivity contribution in [3.8, 4) is 11.8 Å². The van der Waals surface area contributed by atoms with Crippen molar-refractivity contribution in [2.45, 2.75) is 64.4 Å². The molecule has 2 saturated heterocycles. The molecular weight excluding hydrogens is 549 g/mol. The van der Waals surface area contributed by atoms with Crippen LogP contribution < -0.4 is 15.4 Å². The summed E-state index contributed by atoms with van der Waals surface area (Å²) in [6, 6.07) is 5.05. The van der Waals surface area contributed by atoms with Crippen molar-refractivity contribution in [2.24, 2.45) is 23.5 Å². The Balaban J connectivity index is 1.13. The molecule has 3 unspecified atom stereocenters. The number of fused-ring (bicyclic) bond motifs is 1. The first kappa shape index (κ1) is 28.4. The standard InChI is InChI=1S/C29H35F3N8O2/c1-16-10-18(29(30,31)32)6-9-39(16)23-11-19(28(3,4)33)12-24(36-23)42-25-21-13-38(14-22(21)25)26(41)20-15-40(37-17(20)2)27-34-7-5-8-35-27/h5,7-8,11-12,15-16,18,21-22,25H,6,9-10,13-14,33H2,1-4H3/t16?,18?,21-,22+,25?. The number of anilines is 1. The van der Waals surface area contributed by atoms with Crippen molar-refractivity contribution in [1.29, 1.82) is 0 Å². The average Bonchev–Trinajstić information content (AvgIpc) is 3.25. The lowest BCUT2D eigenvalue weighted by atomic mass is 9.90. The number of carbonyl (C=O) groups excluding carboxylic acids is 1. The highest BCUT2D eigenvalue weighted by Crippen LogP contribution is 2.48. The van der Waals surface area contributed by atoms with Crippen LogP contribution >= 0.6 is 0 Å². The second-order valence-corrected chi connectivity index (χ2v) is 12.3. The predicted molar refractivity (Wildman–Crippen MR) is 148 cm³/mol. The van der Waals surface area contributed by atoms with Gasteiger partial charge in [-0.05, 0) is 58.2 Å². The molecule has 3 aromatic heterocycles. The summed E-state index contributed by atoms with van der Waals surface area (Å²) < 4.78 is 47.9. The van der Waals surface area contributed by atoms with Crippen LogP contribution in [0.3, 0.4) is 0 Å². The summed E-state index contributed by atoms with van der Waals surface area (Å²) in [5.41, 5.74) is 7.64. The van der Waals surface area contributed by atoms with Crippen LogP contribution in [0.25, 0.3) is 5.95 Å². The number of nitrogens with two attached hydrogens (primary N) is 1. The monoisotopic (exact) mass is 584 g/mol. The van der Waals surface area contributed by atoms with E-state index in [-0.39, 0.29) is 49.3 Å². The number of pyridine rings is 1. The van der Waals surface area contributed by atoms with Crippen LogP contribution in [0.4, 0.5) is 19.0 Å². The van der Waals surface area contributed by atoms with Crippen LogP contribution in [0.1, 0.15) is 55.2 Å². The molecule has 0 radical (unpaired) electrons. The minimum absolute atomic E-state index is 0.0189. The van der Waals surface area contributed by atoms with Gasteiger partial charge in [0.1, 0.15) is 11.9 Å². The van der Waals surface area contributed by atoms with Crippen molar-refractivity contribution in [2.75, 3.05) is 24.5 Å². The van der Waals surface area contributed by atoms with Crippen molar-refractivity contribution in [1.82, 2.24) is 29.6 Å². The summed E-state index contributed by atoms with van der Waals surface area (Å²) in [7, 11) is 0. The number of ether oxygens (including phenoxy) is 1. The number of nitrogens with zero attached hydrogens (tertiary/aromatic N) is 7. The maximum atomic E-state index is 13.4. The van der Waals surface area contributed by atoms with Crippen LogP contribution in [-0.4, -0.2) is 73.5 Å². The zero-order valence-electron chi connectivity index (χ0n) is 24.0. The minimum Gasteiger partial charge on any atom is -0.474 e. The normalized spacial score (nSPS) is 25.9. The number of likely N-dealkylation sites (tertiary alicyclic amines) is 1. The van der Waals surface area contributed by atoms with Crippen molar-refractivity contribution < 1.29 is 22.7 Å². The number of alkyl halides is 3. The number of aryl methyl sites for hydroxylation is 1. The fourth-order valence-electron chi connectivity index (χ4n) is 6.18. The fourth-order valence-corrected chi connectivity index (χ4v) is 6.18. The summed E-state index contributed by atoms with van der Waals surface area (Å²) in [4.78, 5) is 30.2. The number of hydrogen-bond donors (Lipinski definition) is 1. The Morgan fingerprint density at radius 3 is 2.43 bits per heavy atom. The number of halogens is 3. The van der Waals surface area contributed by atoms with Crippen LogP contribution in [0, 0.1) is 24.7 Å². The lowest BCUT2D eigenvalue weighted by Gasteiger charge is -2.39. The van der Waals surface area contributed by atoms with Crippen LogP contribution in [-0.2, 0) is 5.54 Å². The molecule has 2 N–H and O–H groups in total. The number of aromatic nitrogens is 5. The van der Waals surface area contributed by atoms with Gasteiger partial charge in [-0.25, -0.2) is 14.6 Å². The van der Waals surface area contributed by atoms with Gasteiger partial charge in [-0.3, -0.25) is 4.79 Å². The minimum atomic E-state index is -4.20. The molecule has 10 nitrogen and oxygen atoms in total. The molecule has 1 amide bonds. The summed E-state index contributed by atoms with van der Waals surface area (Å²) in [5.74, 6) is 0.311. The zero-order chi connectivity index (χ0) is 30.0. The topological polar surface area (TPSA) is 115 Å². The van der Waals surface area contributed by atoms with Gasteiger partial charge in [0.15, 0.2) is 0 Å². The van der Waals surface area contributed by atoms with Gasteiger partial charge in [0, 0.05) is 67.7 Å². The summed E-state index contributed by atoms with van der Waals surface area (Å²) in [6.07, 6.45) is 0.647. The van der Waals surface area contributed by atoms with E-state index < -0.39 is 17.6 Å². The fraction of sp³-hybridized carbons (Fsp3) is 0.552. The Morgan fingerprint density at radius 1 is 1.12 bits per heavy atom. The molecule has 1 saturated carbocycles. The van der Waals surface area contributed by atoms with Gasteiger partial charge >= 0.3 is 6.18 Å². The number of piperidine rings is 2. The molecule has 3 fully saturated rings. The van der Waals surface area contributed by atoms with E-state index in [9.17, 15) is 18.0 Å². The molecule has 3 aliphatic rings. The molecule has 6 rings (SSSR count). The van der Waals surface area contributed by atoms with E-state index in [1.165, 1.54) is 4.68 Å².